The number of hydrogen-bond donors (Lipinski definition) is 2. The highest BCUT2D eigenvalue weighted by Crippen LogP contribution is 2.31. The Bertz CT molecular complexity index is 1220. The minimum absolute atomic E-state index is 0.0895. The van der Waals surface area contributed by atoms with Crippen molar-refractivity contribution in [3.8, 4) is 17.1 Å². The predicted octanol–water partition coefficient (Wildman–Crippen LogP) is 3.41. The Morgan fingerprint density at radius 1 is 1.17 bits per heavy atom. The second-order valence-corrected chi connectivity index (χ2v) is 6.94. The maximum Gasteiger partial charge on any atom is 0.293 e. The molecular formula is C21H17ClN4O3. The Morgan fingerprint density at radius 2 is 1.93 bits per heavy atom. The van der Waals surface area contributed by atoms with Crippen molar-refractivity contribution in [1.82, 2.24) is 14.5 Å². The van der Waals surface area contributed by atoms with Crippen LogP contribution in [0.4, 0.5) is 0 Å². The number of imidazole rings is 1. The summed E-state index contributed by atoms with van der Waals surface area (Å²) in [5, 5.41) is 1.63. The van der Waals surface area contributed by atoms with Crippen molar-refractivity contribution < 1.29 is 14.3 Å². The number of H-pyrrole nitrogens is 1. The average molecular weight is 409 g/mol. The first-order valence-electron chi connectivity index (χ1n) is 8.77. The number of halogens is 1. The fourth-order valence-electron chi connectivity index (χ4n) is 3.23. The number of carbonyl (C=O) groups excluding carboxylic acids is 2. The van der Waals surface area contributed by atoms with Crippen LogP contribution < -0.4 is 10.5 Å². The summed E-state index contributed by atoms with van der Waals surface area (Å²) >= 11 is 6.00. The number of nitrogens with zero attached hydrogens (tertiary/aromatic N) is 2. The van der Waals surface area contributed by atoms with Gasteiger partial charge in [0.05, 0.1) is 24.7 Å². The van der Waals surface area contributed by atoms with Gasteiger partial charge in [0.25, 0.3) is 11.7 Å². The van der Waals surface area contributed by atoms with Gasteiger partial charge in [0.2, 0.25) is 0 Å². The Morgan fingerprint density at radius 3 is 2.62 bits per heavy atom. The van der Waals surface area contributed by atoms with Crippen LogP contribution in [-0.4, -0.2) is 33.3 Å². The number of Topliss-reactive ketones (excluding diaryl/α,β-unsaturated/α-hetero) is 1. The van der Waals surface area contributed by atoms with Gasteiger partial charge in [-0.05, 0) is 42.0 Å². The number of methoxy groups -OCH3 is 1. The van der Waals surface area contributed by atoms with E-state index in [1.807, 2.05) is 48.5 Å². The molecule has 0 bridgehead atoms. The van der Waals surface area contributed by atoms with Gasteiger partial charge in [-0.1, -0.05) is 23.7 Å². The largest absolute Gasteiger partial charge is 0.497 e. The van der Waals surface area contributed by atoms with Crippen molar-refractivity contribution >= 4 is 34.2 Å². The summed E-state index contributed by atoms with van der Waals surface area (Å²) in [5.74, 6) is -1.27. The first kappa shape index (κ1) is 18.8. The lowest BCUT2D eigenvalue weighted by Gasteiger charge is -2.11. The minimum atomic E-state index is -1.06. The molecule has 8 heteroatoms. The number of primary amides is 1. The molecule has 4 aromatic rings. The van der Waals surface area contributed by atoms with Crippen LogP contribution in [0.15, 0.2) is 54.7 Å². The summed E-state index contributed by atoms with van der Waals surface area (Å²) in [6.45, 7) is 0.570. The molecule has 29 heavy (non-hydrogen) atoms. The second-order valence-electron chi connectivity index (χ2n) is 6.51. The number of aromatic nitrogens is 3. The summed E-state index contributed by atoms with van der Waals surface area (Å²) < 4.78 is 7.42. The highest BCUT2D eigenvalue weighted by molar-refractivity contribution is 6.41. The number of ketones is 1. The lowest BCUT2D eigenvalue weighted by atomic mass is 10.2. The molecule has 0 fully saturated rings. The topological polar surface area (TPSA) is 103 Å². The summed E-state index contributed by atoms with van der Waals surface area (Å²) in [6, 6.07) is 15.4. The monoisotopic (exact) mass is 408 g/mol. The van der Waals surface area contributed by atoms with Crippen LogP contribution in [0.5, 0.6) is 5.75 Å². The first-order valence-corrected chi connectivity index (χ1v) is 9.15. The Balaban J connectivity index is 1.84. The van der Waals surface area contributed by atoms with Gasteiger partial charge in [-0.15, -0.1) is 0 Å². The molecular weight excluding hydrogens is 392 g/mol. The number of nitrogens with two attached hydrogens (primary N) is 1. The minimum Gasteiger partial charge on any atom is -0.497 e. The Kier molecular flexibility index (Phi) is 4.82. The molecule has 0 spiro atoms. The summed E-state index contributed by atoms with van der Waals surface area (Å²) in [7, 11) is 1.61. The third-order valence-electron chi connectivity index (χ3n) is 4.65. The SMILES string of the molecule is COc1ccc2c(c1)cc(-c1cnc(C(=O)C(N)=O)[nH]1)n2Cc1ccc(Cl)cc1. The zero-order valence-electron chi connectivity index (χ0n) is 15.5. The summed E-state index contributed by atoms with van der Waals surface area (Å²) in [6.07, 6.45) is 1.51. The van der Waals surface area contributed by atoms with Crippen LogP contribution in [0.3, 0.4) is 0 Å². The van der Waals surface area contributed by atoms with Crippen molar-refractivity contribution in [2.24, 2.45) is 5.73 Å². The van der Waals surface area contributed by atoms with E-state index in [0.29, 0.717) is 17.3 Å². The lowest BCUT2D eigenvalue weighted by molar-refractivity contribution is -0.114. The molecule has 2 heterocycles. The highest BCUT2D eigenvalue weighted by Gasteiger charge is 2.19. The van der Waals surface area contributed by atoms with E-state index in [9.17, 15) is 9.59 Å². The fraction of sp³-hybridized carbons (Fsp3) is 0.0952. The van der Waals surface area contributed by atoms with Crippen LogP contribution in [0.1, 0.15) is 16.2 Å². The Hall–Kier alpha value is -3.58. The number of rotatable bonds is 6. The number of benzene rings is 2. The van der Waals surface area contributed by atoms with Gasteiger partial charge in [0.15, 0.2) is 5.82 Å². The van der Waals surface area contributed by atoms with Crippen molar-refractivity contribution in [2.75, 3.05) is 7.11 Å². The maximum atomic E-state index is 11.8. The molecule has 7 nitrogen and oxygen atoms in total. The van der Waals surface area contributed by atoms with Crippen LogP contribution >= 0.6 is 11.6 Å². The van der Waals surface area contributed by atoms with Crippen molar-refractivity contribution in [3.05, 3.63) is 71.1 Å². The van der Waals surface area contributed by atoms with Crippen LogP contribution in [-0.2, 0) is 11.3 Å². The van der Waals surface area contributed by atoms with E-state index in [4.69, 9.17) is 22.1 Å². The van der Waals surface area contributed by atoms with Gasteiger partial charge >= 0.3 is 0 Å². The zero-order valence-corrected chi connectivity index (χ0v) is 16.2. The number of ether oxygens (including phenoxy) is 1. The van der Waals surface area contributed by atoms with Crippen molar-refractivity contribution in [3.63, 3.8) is 0 Å². The fourth-order valence-corrected chi connectivity index (χ4v) is 3.35. The van der Waals surface area contributed by atoms with Crippen molar-refractivity contribution in [2.45, 2.75) is 6.54 Å². The van der Waals surface area contributed by atoms with E-state index >= 15 is 0 Å². The molecule has 2 aromatic carbocycles. The molecule has 0 saturated carbocycles. The predicted molar refractivity (Wildman–Crippen MR) is 110 cm³/mol. The Labute approximate surface area is 171 Å². The molecule has 0 aliphatic rings. The molecule has 0 aliphatic carbocycles. The lowest BCUT2D eigenvalue weighted by Crippen LogP contribution is -2.24. The van der Waals surface area contributed by atoms with E-state index in [0.717, 1.165) is 27.9 Å². The molecule has 2 aromatic heterocycles. The van der Waals surface area contributed by atoms with Crippen LogP contribution in [0.25, 0.3) is 22.3 Å². The number of fused-ring (bicyclic) bond motifs is 1. The smallest absolute Gasteiger partial charge is 0.293 e. The van der Waals surface area contributed by atoms with Crippen molar-refractivity contribution in [1.29, 1.82) is 0 Å². The van der Waals surface area contributed by atoms with E-state index < -0.39 is 11.7 Å². The van der Waals surface area contributed by atoms with E-state index in [2.05, 4.69) is 14.5 Å². The molecule has 3 N–H and O–H groups in total. The standard InChI is InChI=1S/C21H17ClN4O3/c1-29-15-6-7-17-13(8-15)9-18(16-10-24-21(25-16)19(27)20(23)28)26(17)11-12-2-4-14(22)5-3-12/h2-10H,11H2,1H3,(H2,23,28)(H,24,25). The molecule has 0 saturated heterocycles. The summed E-state index contributed by atoms with van der Waals surface area (Å²) in [4.78, 5) is 29.9. The van der Waals surface area contributed by atoms with Gasteiger partial charge in [0.1, 0.15) is 5.75 Å². The van der Waals surface area contributed by atoms with E-state index in [1.165, 1.54) is 6.20 Å². The van der Waals surface area contributed by atoms with E-state index in [-0.39, 0.29) is 5.82 Å². The molecule has 4 rings (SSSR count). The third kappa shape index (κ3) is 3.60. The molecule has 146 valence electrons. The second kappa shape index (κ2) is 7.44. The third-order valence-corrected chi connectivity index (χ3v) is 4.91. The molecule has 1 amide bonds. The van der Waals surface area contributed by atoms with Crippen LogP contribution in [0, 0.1) is 0 Å². The molecule has 0 atom stereocenters. The number of nitrogens with one attached hydrogen (secondary N) is 1. The number of carbonyl (C=O) groups is 2. The summed E-state index contributed by atoms with van der Waals surface area (Å²) in [5.41, 5.74) is 8.51. The van der Waals surface area contributed by atoms with Gasteiger partial charge in [-0.3, -0.25) is 9.59 Å². The number of hydrogen-bond acceptors (Lipinski definition) is 4. The van der Waals surface area contributed by atoms with E-state index in [1.54, 1.807) is 7.11 Å². The average Bonchev–Trinajstić information content (AvgIpc) is 3.33. The van der Waals surface area contributed by atoms with Crippen LogP contribution in [0.2, 0.25) is 5.02 Å². The molecule has 0 aliphatic heterocycles. The zero-order chi connectivity index (χ0) is 20.5. The maximum absolute atomic E-state index is 11.8. The van der Waals surface area contributed by atoms with Gasteiger partial charge < -0.3 is 20.0 Å². The van der Waals surface area contributed by atoms with Gasteiger partial charge in [0, 0.05) is 22.5 Å². The molecule has 0 radical (unpaired) electrons. The highest BCUT2D eigenvalue weighted by atomic mass is 35.5. The number of amides is 1. The first-order chi connectivity index (χ1) is 14.0. The number of aromatic amines is 1. The molecule has 0 unspecified atom stereocenters. The quantitative estimate of drug-likeness (QED) is 0.377. The van der Waals surface area contributed by atoms with Gasteiger partial charge in [-0.25, -0.2) is 4.98 Å². The normalized spacial score (nSPS) is 11.0. The van der Waals surface area contributed by atoms with Gasteiger partial charge in [-0.2, -0.15) is 0 Å².